The van der Waals surface area contributed by atoms with Crippen LogP contribution in [0, 0.1) is 5.92 Å². The van der Waals surface area contributed by atoms with Crippen molar-refractivity contribution >= 4 is 52.1 Å². The van der Waals surface area contributed by atoms with E-state index in [2.05, 4.69) is 10.1 Å². The van der Waals surface area contributed by atoms with Gasteiger partial charge in [0.2, 0.25) is 5.88 Å². The first-order valence-electron chi connectivity index (χ1n) is 9.17. The van der Waals surface area contributed by atoms with Gasteiger partial charge in [-0.2, -0.15) is 13.2 Å². The highest BCUT2D eigenvalue weighted by atomic mass is 35.5. The SMILES string of the molecule is CCC1C(c2c(Cl)cc(OCC=C(Cl)Cl)cc2Cl)=NOC1Oc1ccc(C(F)(F)F)cn1. The van der Waals surface area contributed by atoms with Crippen LogP contribution in [0.15, 0.2) is 46.2 Å². The lowest BCUT2D eigenvalue weighted by Crippen LogP contribution is -2.29. The van der Waals surface area contributed by atoms with Gasteiger partial charge in [0.1, 0.15) is 22.6 Å². The molecule has 1 aliphatic rings. The van der Waals surface area contributed by atoms with Crippen LogP contribution < -0.4 is 9.47 Å². The molecule has 2 heterocycles. The van der Waals surface area contributed by atoms with Crippen molar-refractivity contribution in [2.75, 3.05) is 6.61 Å². The molecule has 12 heteroatoms. The number of hydrogen-bond donors (Lipinski definition) is 0. The van der Waals surface area contributed by atoms with Gasteiger partial charge in [0.15, 0.2) is 0 Å². The number of hydrogen-bond acceptors (Lipinski definition) is 5. The number of pyridine rings is 1. The van der Waals surface area contributed by atoms with Gasteiger partial charge in [0.25, 0.3) is 6.29 Å². The highest BCUT2D eigenvalue weighted by molar-refractivity contribution is 6.55. The Kier molecular flexibility index (Phi) is 8.03. The summed E-state index contributed by atoms with van der Waals surface area (Å²) in [6, 6.07) is 5.10. The molecule has 1 aromatic carbocycles. The molecule has 0 saturated carbocycles. The van der Waals surface area contributed by atoms with Crippen molar-refractivity contribution in [1.82, 2.24) is 4.98 Å². The molecule has 0 spiro atoms. The van der Waals surface area contributed by atoms with E-state index in [0.29, 0.717) is 29.6 Å². The van der Waals surface area contributed by atoms with E-state index in [4.69, 9.17) is 60.7 Å². The van der Waals surface area contributed by atoms with Gasteiger partial charge in [-0.1, -0.05) is 58.5 Å². The van der Waals surface area contributed by atoms with Crippen LogP contribution in [0.4, 0.5) is 13.2 Å². The lowest BCUT2D eigenvalue weighted by Gasteiger charge is -2.19. The second-order valence-corrected chi connectivity index (χ2v) is 8.35. The standard InChI is InChI=1S/C20H15Cl4F3N2O3/c1-2-12-18(17-13(21)7-11(8-14(17)22)30-6-5-15(23)24)29-32-19(12)31-16-4-3-10(9-28-16)20(25,26)27/h3-5,7-9,12,19H,2,6H2,1H3. The van der Waals surface area contributed by atoms with Crippen LogP contribution in [-0.4, -0.2) is 23.6 Å². The molecular weight excluding hydrogens is 515 g/mol. The molecule has 0 aliphatic carbocycles. The first-order chi connectivity index (χ1) is 15.1. The number of ether oxygens (including phenoxy) is 2. The molecular formula is C20H15Cl4F3N2O3. The molecule has 0 amide bonds. The predicted octanol–water partition coefficient (Wildman–Crippen LogP) is 7.27. The van der Waals surface area contributed by atoms with Crippen LogP contribution in [0.5, 0.6) is 11.6 Å². The molecule has 172 valence electrons. The normalized spacial score (nSPS) is 18.1. The molecule has 0 radical (unpaired) electrons. The molecule has 1 aliphatic heterocycles. The molecule has 2 unspecified atom stereocenters. The zero-order valence-electron chi connectivity index (χ0n) is 16.3. The quantitative estimate of drug-likeness (QED) is 0.378. The minimum atomic E-state index is -4.49. The second-order valence-electron chi connectivity index (χ2n) is 6.53. The van der Waals surface area contributed by atoms with Crippen molar-refractivity contribution in [3.63, 3.8) is 0 Å². The summed E-state index contributed by atoms with van der Waals surface area (Å²) < 4.78 is 49.3. The van der Waals surface area contributed by atoms with E-state index in [1.54, 1.807) is 12.1 Å². The highest BCUT2D eigenvalue weighted by Gasteiger charge is 2.38. The van der Waals surface area contributed by atoms with Crippen LogP contribution in [0.3, 0.4) is 0 Å². The molecule has 3 rings (SSSR count). The van der Waals surface area contributed by atoms with Crippen molar-refractivity contribution in [2.24, 2.45) is 11.1 Å². The molecule has 0 N–H and O–H groups in total. The summed E-state index contributed by atoms with van der Waals surface area (Å²) >= 11 is 23.9. The molecule has 2 atom stereocenters. The number of benzene rings is 1. The molecule has 5 nitrogen and oxygen atoms in total. The maximum atomic E-state index is 12.7. The average Bonchev–Trinajstić information content (AvgIpc) is 3.09. The van der Waals surface area contributed by atoms with Crippen LogP contribution in [0.2, 0.25) is 10.0 Å². The Balaban J connectivity index is 1.76. The number of nitrogens with zero attached hydrogens (tertiary/aromatic N) is 2. The fourth-order valence-electron chi connectivity index (χ4n) is 2.91. The summed E-state index contributed by atoms with van der Waals surface area (Å²) in [7, 11) is 0. The Bertz CT molecular complexity index is 1000. The van der Waals surface area contributed by atoms with E-state index >= 15 is 0 Å². The van der Waals surface area contributed by atoms with Crippen molar-refractivity contribution in [2.45, 2.75) is 25.8 Å². The smallest absolute Gasteiger partial charge is 0.417 e. The van der Waals surface area contributed by atoms with Crippen molar-refractivity contribution < 1.29 is 27.5 Å². The van der Waals surface area contributed by atoms with E-state index < -0.39 is 23.9 Å². The fourth-order valence-corrected chi connectivity index (χ4v) is 3.70. The van der Waals surface area contributed by atoms with Crippen molar-refractivity contribution in [3.05, 3.63) is 62.2 Å². The lowest BCUT2D eigenvalue weighted by molar-refractivity contribution is -0.137. The first kappa shape index (κ1) is 24.8. The van der Waals surface area contributed by atoms with Gasteiger partial charge in [-0.3, -0.25) is 0 Å². The van der Waals surface area contributed by atoms with Gasteiger partial charge in [-0.05, 0) is 30.7 Å². The minimum Gasteiger partial charge on any atom is -0.489 e. The summed E-state index contributed by atoms with van der Waals surface area (Å²) in [5.74, 6) is -0.0485. The number of oxime groups is 1. The molecule has 2 aromatic rings. The monoisotopic (exact) mass is 528 g/mol. The Hall–Kier alpha value is -1.87. The predicted molar refractivity (Wildman–Crippen MR) is 117 cm³/mol. The van der Waals surface area contributed by atoms with Gasteiger partial charge in [-0.25, -0.2) is 4.98 Å². The van der Waals surface area contributed by atoms with Gasteiger partial charge < -0.3 is 14.3 Å². The third-order valence-electron chi connectivity index (χ3n) is 4.43. The Morgan fingerprint density at radius 3 is 2.41 bits per heavy atom. The zero-order chi connectivity index (χ0) is 23.5. The maximum Gasteiger partial charge on any atom is 0.417 e. The summed E-state index contributed by atoms with van der Waals surface area (Å²) in [5.41, 5.74) is -0.00885. The number of halogens is 7. The van der Waals surface area contributed by atoms with E-state index in [-0.39, 0.29) is 27.0 Å². The largest absolute Gasteiger partial charge is 0.489 e. The number of alkyl halides is 3. The average molecular weight is 530 g/mol. The fraction of sp³-hybridized carbons (Fsp3) is 0.300. The second kappa shape index (κ2) is 10.4. The minimum absolute atomic E-state index is 0.0372. The third kappa shape index (κ3) is 5.92. The van der Waals surface area contributed by atoms with E-state index in [9.17, 15) is 13.2 Å². The van der Waals surface area contributed by atoms with Crippen molar-refractivity contribution in [1.29, 1.82) is 0 Å². The molecule has 0 bridgehead atoms. The Morgan fingerprint density at radius 1 is 1.19 bits per heavy atom. The number of aromatic nitrogens is 1. The van der Waals surface area contributed by atoms with Gasteiger partial charge >= 0.3 is 6.18 Å². The number of rotatable bonds is 7. The first-order valence-corrected chi connectivity index (χ1v) is 10.7. The molecule has 0 fully saturated rings. The molecule has 0 saturated heterocycles. The topological polar surface area (TPSA) is 52.9 Å². The highest BCUT2D eigenvalue weighted by Crippen LogP contribution is 2.37. The van der Waals surface area contributed by atoms with Crippen molar-refractivity contribution in [3.8, 4) is 11.6 Å². The van der Waals surface area contributed by atoms with Gasteiger partial charge in [0.05, 0.1) is 21.5 Å². The summed E-state index contributed by atoms with van der Waals surface area (Å²) in [6.45, 7) is 1.99. The Morgan fingerprint density at radius 2 is 1.88 bits per heavy atom. The van der Waals surface area contributed by atoms with Crippen LogP contribution in [0.25, 0.3) is 0 Å². The van der Waals surface area contributed by atoms with Crippen LogP contribution in [-0.2, 0) is 11.0 Å². The molecule has 32 heavy (non-hydrogen) atoms. The molecule has 1 aromatic heterocycles. The van der Waals surface area contributed by atoms with Crippen LogP contribution in [0.1, 0.15) is 24.5 Å². The zero-order valence-corrected chi connectivity index (χ0v) is 19.3. The maximum absolute atomic E-state index is 12.7. The third-order valence-corrected chi connectivity index (χ3v) is 5.34. The van der Waals surface area contributed by atoms with E-state index in [1.165, 1.54) is 6.08 Å². The summed E-state index contributed by atoms with van der Waals surface area (Å²) in [4.78, 5) is 9.07. The lowest BCUT2D eigenvalue weighted by atomic mass is 9.94. The van der Waals surface area contributed by atoms with E-state index in [1.807, 2.05) is 6.92 Å². The summed E-state index contributed by atoms with van der Waals surface area (Å²) in [6.07, 6.45) is -2.75. The van der Waals surface area contributed by atoms with E-state index in [0.717, 1.165) is 12.1 Å². The summed E-state index contributed by atoms with van der Waals surface area (Å²) in [5, 5.41) is 4.59. The Labute approximate surface area is 201 Å². The van der Waals surface area contributed by atoms with Crippen LogP contribution >= 0.6 is 46.4 Å². The van der Waals surface area contributed by atoms with Gasteiger partial charge in [0, 0.05) is 17.8 Å². The van der Waals surface area contributed by atoms with Gasteiger partial charge in [-0.15, -0.1) is 0 Å².